The summed E-state index contributed by atoms with van der Waals surface area (Å²) in [6.07, 6.45) is 2.39. The van der Waals surface area contributed by atoms with Gasteiger partial charge in [0.2, 0.25) is 0 Å². The Kier molecular flexibility index (Phi) is 4.75. The standard InChI is InChI=1S/C11H20N2O2/c1-3-5-13-6-4-10(8-13)11(14)7-9(2)12-15/h10,15H,3-8H2,1-2H3/b12-9+/t10-/m1/s1. The summed E-state index contributed by atoms with van der Waals surface area (Å²) in [7, 11) is 0. The van der Waals surface area contributed by atoms with Gasteiger partial charge in [-0.1, -0.05) is 12.1 Å². The van der Waals surface area contributed by atoms with Crippen molar-refractivity contribution in [1.29, 1.82) is 0 Å². The maximum atomic E-state index is 11.7. The van der Waals surface area contributed by atoms with Crippen LogP contribution < -0.4 is 0 Å². The van der Waals surface area contributed by atoms with Gasteiger partial charge < -0.3 is 10.1 Å². The van der Waals surface area contributed by atoms with Crippen molar-refractivity contribution in [2.24, 2.45) is 11.1 Å². The van der Waals surface area contributed by atoms with Crippen LogP contribution in [0.5, 0.6) is 0 Å². The summed E-state index contributed by atoms with van der Waals surface area (Å²) in [4.78, 5) is 14.1. The van der Waals surface area contributed by atoms with Crippen LogP contribution in [0.15, 0.2) is 5.16 Å². The first-order chi connectivity index (χ1) is 7.17. The highest BCUT2D eigenvalue weighted by Crippen LogP contribution is 2.18. The molecule has 1 aliphatic heterocycles. The van der Waals surface area contributed by atoms with Crippen LogP contribution in [0.4, 0.5) is 0 Å². The van der Waals surface area contributed by atoms with Gasteiger partial charge in [0.05, 0.1) is 5.71 Å². The van der Waals surface area contributed by atoms with E-state index in [-0.39, 0.29) is 11.7 Å². The monoisotopic (exact) mass is 212 g/mol. The van der Waals surface area contributed by atoms with Gasteiger partial charge in [0.15, 0.2) is 0 Å². The molecule has 0 aromatic heterocycles. The fourth-order valence-electron chi connectivity index (χ4n) is 2.05. The SMILES string of the molecule is CCCN1CC[C@@H](C(=O)C/C(C)=N/O)C1. The molecule has 1 fully saturated rings. The van der Waals surface area contributed by atoms with E-state index < -0.39 is 0 Å². The minimum atomic E-state index is 0.147. The Labute approximate surface area is 90.9 Å². The summed E-state index contributed by atoms with van der Waals surface area (Å²) >= 11 is 0. The van der Waals surface area contributed by atoms with E-state index in [4.69, 9.17) is 5.21 Å². The van der Waals surface area contributed by atoms with Gasteiger partial charge in [-0.15, -0.1) is 0 Å². The number of hydrogen-bond donors (Lipinski definition) is 1. The zero-order valence-corrected chi connectivity index (χ0v) is 9.57. The van der Waals surface area contributed by atoms with Crippen LogP contribution in [0.2, 0.25) is 0 Å². The third-order valence-corrected chi connectivity index (χ3v) is 2.87. The lowest BCUT2D eigenvalue weighted by molar-refractivity contribution is -0.121. The molecule has 15 heavy (non-hydrogen) atoms. The lowest BCUT2D eigenvalue weighted by Gasteiger charge is -2.13. The van der Waals surface area contributed by atoms with Crippen LogP contribution in [-0.4, -0.2) is 41.2 Å². The Morgan fingerprint density at radius 2 is 2.33 bits per heavy atom. The van der Waals surface area contributed by atoms with E-state index in [9.17, 15) is 4.79 Å². The average molecular weight is 212 g/mol. The van der Waals surface area contributed by atoms with Gasteiger partial charge in [0, 0.05) is 18.9 Å². The van der Waals surface area contributed by atoms with Crippen molar-refractivity contribution < 1.29 is 10.0 Å². The van der Waals surface area contributed by atoms with Crippen LogP contribution in [-0.2, 0) is 4.79 Å². The molecular formula is C11H20N2O2. The summed E-state index contributed by atoms with van der Waals surface area (Å²) in [6.45, 7) is 6.82. The summed E-state index contributed by atoms with van der Waals surface area (Å²) in [5, 5.41) is 11.5. The van der Waals surface area contributed by atoms with Gasteiger partial charge in [-0.3, -0.25) is 4.79 Å². The molecule has 1 saturated heterocycles. The van der Waals surface area contributed by atoms with E-state index in [0.717, 1.165) is 32.5 Å². The number of carbonyl (C=O) groups is 1. The van der Waals surface area contributed by atoms with Crippen molar-refractivity contribution in [1.82, 2.24) is 4.90 Å². The maximum Gasteiger partial charge on any atom is 0.143 e. The van der Waals surface area contributed by atoms with E-state index >= 15 is 0 Å². The van der Waals surface area contributed by atoms with Gasteiger partial charge in [0.25, 0.3) is 0 Å². The van der Waals surface area contributed by atoms with Gasteiger partial charge in [-0.05, 0) is 32.9 Å². The van der Waals surface area contributed by atoms with Crippen molar-refractivity contribution in [2.75, 3.05) is 19.6 Å². The second kappa shape index (κ2) is 5.85. The molecule has 1 aliphatic rings. The van der Waals surface area contributed by atoms with E-state index in [1.54, 1.807) is 6.92 Å². The van der Waals surface area contributed by atoms with E-state index in [1.807, 2.05) is 0 Å². The smallest absolute Gasteiger partial charge is 0.143 e. The molecule has 0 saturated carbocycles. The lowest BCUT2D eigenvalue weighted by Crippen LogP contribution is -2.24. The third-order valence-electron chi connectivity index (χ3n) is 2.87. The summed E-state index contributed by atoms with van der Waals surface area (Å²) < 4.78 is 0. The molecule has 0 amide bonds. The van der Waals surface area contributed by atoms with Crippen LogP contribution >= 0.6 is 0 Å². The quantitative estimate of drug-likeness (QED) is 0.427. The zero-order valence-electron chi connectivity index (χ0n) is 9.57. The van der Waals surface area contributed by atoms with Crippen molar-refractivity contribution >= 4 is 11.5 Å². The number of ketones is 1. The fourth-order valence-corrected chi connectivity index (χ4v) is 2.05. The van der Waals surface area contributed by atoms with Crippen LogP contribution in [0.25, 0.3) is 0 Å². The molecule has 4 nitrogen and oxygen atoms in total. The van der Waals surface area contributed by atoms with Crippen LogP contribution in [0, 0.1) is 5.92 Å². The molecule has 1 N–H and O–H groups in total. The molecular weight excluding hydrogens is 192 g/mol. The number of likely N-dealkylation sites (tertiary alicyclic amines) is 1. The summed E-state index contributed by atoms with van der Waals surface area (Å²) in [5.41, 5.74) is 0.508. The molecule has 0 aromatic rings. The van der Waals surface area contributed by atoms with E-state index in [1.165, 1.54) is 0 Å². The highest BCUT2D eigenvalue weighted by Gasteiger charge is 2.27. The molecule has 0 bridgehead atoms. The molecule has 86 valence electrons. The highest BCUT2D eigenvalue weighted by molar-refractivity contribution is 6.01. The Balaban J connectivity index is 2.36. The molecule has 1 atom stereocenters. The fraction of sp³-hybridized carbons (Fsp3) is 0.818. The van der Waals surface area contributed by atoms with Crippen molar-refractivity contribution in [2.45, 2.75) is 33.1 Å². The van der Waals surface area contributed by atoms with Crippen molar-refractivity contribution in [3.63, 3.8) is 0 Å². The largest absolute Gasteiger partial charge is 0.411 e. The number of hydrogen-bond acceptors (Lipinski definition) is 4. The normalized spacial score (nSPS) is 23.3. The van der Waals surface area contributed by atoms with Crippen LogP contribution in [0.1, 0.15) is 33.1 Å². The molecule has 1 rings (SSSR count). The lowest BCUT2D eigenvalue weighted by atomic mass is 9.99. The Hall–Kier alpha value is -0.900. The average Bonchev–Trinajstić information content (AvgIpc) is 2.67. The van der Waals surface area contributed by atoms with E-state index in [0.29, 0.717) is 12.1 Å². The second-order valence-electron chi connectivity index (χ2n) is 4.26. The number of carbonyl (C=O) groups excluding carboxylic acids is 1. The first-order valence-electron chi connectivity index (χ1n) is 5.60. The summed E-state index contributed by atoms with van der Waals surface area (Å²) in [6, 6.07) is 0. The first kappa shape index (κ1) is 12.2. The molecule has 0 aromatic carbocycles. The predicted octanol–water partition coefficient (Wildman–Crippen LogP) is 1.53. The van der Waals surface area contributed by atoms with E-state index in [2.05, 4.69) is 17.0 Å². The second-order valence-corrected chi connectivity index (χ2v) is 4.26. The number of rotatable bonds is 5. The highest BCUT2D eigenvalue weighted by atomic mass is 16.4. The molecule has 0 unspecified atom stereocenters. The zero-order chi connectivity index (χ0) is 11.3. The van der Waals surface area contributed by atoms with Gasteiger partial charge in [0.1, 0.15) is 5.78 Å². The third kappa shape index (κ3) is 3.63. The Morgan fingerprint density at radius 1 is 1.60 bits per heavy atom. The number of oxime groups is 1. The molecule has 4 heteroatoms. The van der Waals surface area contributed by atoms with Crippen molar-refractivity contribution in [3.05, 3.63) is 0 Å². The molecule has 0 radical (unpaired) electrons. The molecule has 0 spiro atoms. The van der Waals surface area contributed by atoms with Gasteiger partial charge in [-0.25, -0.2) is 0 Å². The predicted molar refractivity (Wildman–Crippen MR) is 59.4 cm³/mol. The minimum absolute atomic E-state index is 0.147. The molecule has 0 aliphatic carbocycles. The number of Topliss-reactive ketones (excluding diaryl/α,β-unsaturated/α-hetero) is 1. The maximum absolute atomic E-state index is 11.7. The Bertz CT molecular complexity index is 251. The summed E-state index contributed by atoms with van der Waals surface area (Å²) in [5.74, 6) is 0.358. The molecule has 1 heterocycles. The van der Waals surface area contributed by atoms with Gasteiger partial charge >= 0.3 is 0 Å². The van der Waals surface area contributed by atoms with Gasteiger partial charge in [-0.2, -0.15) is 0 Å². The Morgan fingerprint density at radius 3 is 2.93 bits per heavy atom. The van der Waals surface area contributed by atoms with Crippen LogP contribution in [0.3, 0.4) is 0 Å². The number of nitrogens with zero attached hydrogens (tertiary/aromatic N) is 2. The minimum Gasteiger partial charge on any atom is -0.411 e. The topological polar surface area (TPSA) is 52.9 Å². The first-order valence-corrected chi connectivity index (χ1v) is 5.60. The van der Waals surface area contributed by atoms with Crippen molar-refractivity contribution in [3.8, 4) is 0 Å².